The number of nitrogens with one attached hydrogen (secondary N) is 1. The molecule has 0 radical (unpaired) electrons. The molecular formula is C10H21NO. The van der Waals surface area contributed by atoms with Gasteiger partial charge in [-0.05, 0) is 13.3 Å². The second-order valence-corrected chi connectivity index (χ2v) is 3.45. The Labute approximate surface area is 75.7 Å². The van der Waals surface area contributed by atoms with E-state index >= 15 is 0 Å². The lowest BCUT2D eigenvalue weighted by atomic mass is 10.1. The fraction of sp³-hybridized carbons (Fsp3) is 0.900. The molecule has 1 atom stereocenters. The van der Waals surface area contributed by atoms with Crippen LogP contribution in [0.25, 0.3) is 0 Å². The van der Waals surface area contributed by atoms with Gasteiger partial charge >= 0.3 is 0 Å². The van der Waals surface area contributed by atoms with Crippen molar-refractivity contribution in [2.45, 2.75) is 58.9 Å². The molecule has 2 heteroatoms. The average Bonchev–Trinajstić information content (AvgIpc) is 1.97. The average molecular weight is 171 g/mol. The van der Waals surface area contributed by atoms with Crippen LogP contribution in [0.3, 0.4) is 0 Å². The van der Waals surface area contributed by atoms with Crippen LogP contribution in [0, 0.1) is 0 Å². The Bertz CT molecular complexity index is 123. The van der Waals surface area contributed by atoms with Gasteiger partial charge in [0.1, 0.15) is 0 Å². The van der Waals surface area contributed by atoms with Crippen molar-refractivity contribution in [1.82, 2.24) is 5.32 Å². The Hall–Kier alpha value is -0.530. The van der Waals surface area contributed by atoms with E-state index < -0.39 is 0 Å². The van der Waals surface area contributed by atoms with Crippen LogP contribution >= 0.6 is 0 Å². The number of carbonyl (C=O) groups excluding carboxylic acids is 1. The van der Waals surface area contributed by atoms with Crippen molar-refractivity contribution in [3.05, 3.63) is 0 Å². The molecule has 2 nitrogen and oxygen atoms in total. The molecule has 0 aromatic heterocycles. The zero-order chi connectivity index (χ0) is 9.40. The highest BCUT2D eigenvalue weighted by Crippen LogP contribution is 2.04. The van der Waals surface area contributed by atoms with Gasteiger partial charge in [-0.15, -0.1) is 0 Å². The molecule has 0 saturated carbocycles. The van der Waals surface area contributed by atoms with Crippen LogP contribution in [0.5, 0.6) is 0 Å². The van der Waals surface area contributed by atoms with Crippen LogP contribution in [-0.4, -0.2) is 11.9 Å². The number of unbranched alkanes of at least 4 members (excludes halogenated alkanes) is 3. The lowest BCUT2D eigenvalue weighted by molar-refractivity contribution is -0.119. The lowest BCUT2D eigenvalue weighted by Gasteiger charge is -2.11. The van der Waals surface area contributed by atoms with Crippen LogP contribution in [0.2, 0.25) is 0 Å². The first-order chi connectivity index (χ1) is 5.66. The van der Waals surface area contributed by atoms with Crippen LogP contribution < -0.4 is 5.32 Å². The molecule has 0 aromatic rings. The lowest BCUT2D eigenvalue weighted by Crippen LogP contribution is -2.30. The molecule has 0 aromatic carbocycles. The number of hydrogen-bond donors (Lipinski definition) is 1. The van der Waals surface area contributed by atoms with Crippen molar-refractivity contribution in [3.8, 4) is 0 Å². The molecular weight excluding hydrogens is 150 g/mol. The first kappa shape index (κ1) is 11.5. The number of amides is 1. The normalized spacial score (nSPS) is 12.6. The van der Waals surface area contributed by atoms with Crippen molar-refractivity contribution in [3.63, 3.8) is 0 Å². The van der Waals surface area contributed by atoms with Crippen LogP contribution in [0.4, 0.5) is 0 Å². The Kier molecular flexibility index (Phi) is 6.82. The van der Waals surface area contributed by atoms with Gasteiger partial charge < -0.3 is 5.32 Å². The topological polar surface area (TPSA) is 29.1 Å². The second-order valence-electron chi connectivity index (χ2n) is 3.45. The van der Waals surface area contributed by atoms with Gasteiger partial charge in [-0.2, -0.15) is 0 Å². The predicted octanol–water partition coefficient (Wildman–Crippen LogP) is 2.48. The minimum atomic E-state index is 0.0815. The first-order valence-electron chi connectivity index (χ1n) is 4.94. The Morgan fingerprint density at radius 2 is 2.00 bits per heavy atom. The quantitative estimate of drug-likeness (QED) is 0.611. The summed E-state index contributed by atoms with van der Waals surface area (Å²) in [5.74, 6) is 0.0815. The van der Waals surface area contributed by atoms with Gasteiger partial charge in [0.2, 0.25) is 5.91 Å². The molecule has 0 heterocycles. The molecule has 1 unspecified atom stereocenters. The summed E-state index contributed by atoms with van der Waals surface area (Å²) in [6.07, 6.45) is 6.22. The van der Waals surface area contributed by atoms with E-state index in [2.05, 4.69) is 19.2 Å². The highest BCUT2D eigenvalue weighted by Gasteiger charge is 2.01. The maximum absolute atomic E-state index is 10.6. The van der Waals surface area contributed by atoms with Crippen LogP contribution in [0.15, 0.2) is 0 Å². The third kappa shape index (κ3) is 7.58. The van der Waals surface area contributed by atoms with Crippen molar-refractivity contribution < 1.29 is 4.79 Å². The summed E-state index contributed by atoms with van der Waals surface area (Å²) >= 11 is 0. The summed E-state index contributed by atoms with van der Waals surface area (Å²) in [4.78, 5) is 10.6. The SMILES string of the molecule is CCCCCCC(C)NC(C)=O. The van der Waals surface area contributed by atoms with E-state index in [1.165, 1.54) is 25.7 Å². The summed E-state index contributed by atoms with van der Waals surface area (Å²) < 4.78 is 0. The molecule has 1 amide bonds. The fourth-order valence-corrected chi connectivity index (χ4v) is 1.30. The first-order valence-corrected chi connectivity index (χ1v) is 4.94. The van der Waals surface area contributed by atoms with E-state index in [4.69, 9.17) is 0 Å². The number of carbonyl (C=O) groups is 1. The van der Waals surface area contributed by atoms with Gasteiger partial charge in [-0.3, -0.25) is 4.79 Å². The van der Waals surface area contributed by atoms with Crippen LogP contribution in [-0.2, 0) is 4.79 Å². The molecule has 0 saturated heterocycles. The Balaban J connectivity index is 3.19. The third-order valence-electron chi connectivity index (χ3n) is 1.94. The largest absolute Gasteiger partial charge is 0.354 e. The highest BCUT2D eigenvalue weighted by molar-refractivity contribution is 5.73. The van der Waals surface area contributed by atoms with Gasteiger partial charge in [0.25, 0.3) is 0 Å². The van der Waals surface area contributed by atoms with Crippen molar-refractivity contribution >= 4 is 5.91 Å². The van der Waals surface area contributed by atoms with E-state index in [1.807, 2.05) is 0 Å². The number of hydrogen-bond acceptors (Lipinski definition) is 1. The molecule has 0 rings (SSSR count). The molecule has 1 N–H and O–H groups in total. The van der Waals surface area contributed by atoms with Gasteiger partial charge in [0, 0.05) is 13.0 Å². The smallest absolute Gasteiger partial charge is 0.217 e. The molecule has 0 fully saturated rings. The summed E-state index contributed by atoms with van der Waals surface area (Å²) in [6, 6.07) is 0.347. The molecule has 0 aliphatic carbocycles. The molecule has 0 spiro atoms. The minimum Gasteiger partial charge on any atom is -0.354 e. The van der Waals surface area contributed by atoms with E-state index in [9.17, 15) is 4.79 Å². The maximum atomic E-state index is 10.6. The number of rotatable bonds is 6. The van der Waals surface area contributed by atoms with Crippen molar-refractivity contribution in [2.24, 2.45) is 0 Å². The van der Waals surface area contributed by atoms with E-state index in [0.29, 0.717) is 6.04 Å². The van der Waals surface area contributed by atoms with Crippen LogP contribution in [0.1, 0.15) is 52.9 Å². The van der Waals surface area contributed by atoms with Gasteiger partial charge in [0.15, 0.2) is 0 Å². The fourth-order valence-electron chi connectivity index (χ4n) is 1.30. The van der Waals surface area contributed by atoms with Gasteiger partial charge in [-0.1, -0.05) is 32.6 Å². The molecule has 0 aliphatic heterocycles. The summed E-state index contributed by atoms with van der Waals surface area (Å²) in [5, 5.41) is 2.88. The predicted molar refractivity (Wildman–Crippen MR) is 52.0 cm³/mol. The summed E-state index contributed by atoms with van der Waals surface area (Å²) in [7, 11) is 0. The van der Waals surface area contributed by atoms with Crippen molar-refractivity contribution in [2.75, 3.05) is 0 Å². The molecule has 0 aliphatic rings. The second kappa shape index (κ2) is 7.14. The van der Waals surface area contributed by atoms with E-state index in [1.54, 1.807) is 6.92 Å². The third-order valence-corrected chi connectivity index (χ3v) is 1.94. The monoisotopic (exact) mass is 171 g/mol. The van der Waals surface area contributed by atoms with Crippen molar-refractivity contribution in [1.29, 1.82) is 0 Å². The zero-order valence-electron chi connectivity index (χ0n) is 8.52. The summed E-state index contributed by atoms with van der Waals surface area (Å²) in [5.41, 5.74) is 0. The molecule has 12 heavy (non-hydrogen) atoms. The molecule has 72 valence electrons. The van der Waals surface area contributed by atoms with E-state index in [0.717, 1.165) is 6.42 Å². The summed E-state index contributed by atoms with van der Waals surface area (Å²) in [6.45, 7) is 5.84. The minimum absolute atomic E-state index is 0.0815. The Morgan fingerprint density at radius 1 is 1.33 bits per heavy atom. The highest BCUT2D eigenvalue weighted by atomic mass is 16.1. The maximum Gasteiger partial charge on any atom is 0.217 e. The van der Waals surface area contributed by atoms with E-state index in [-0.39, 0.29) is 5.91 Å². The Morgan fingerprint density at radius 3 is 2.50 bits per heavy atom. The van der Waals surface area contributed by atoms with Gasteiger partial charge in [0.05, 0.1) is 0 Å². The molecule has 0 bridgehead atoms. The van der Waals surface area contributed by atoms with Gasteiger partial charge in [-0.25, -0.2) is 0 Å². The standard InChI is InChI=1S/C10H21NO/c1-4-5-6-7-8-9(2)11-10(3)12/h9H,4-8H2,1-3H3,(H,11,12). The zero-order valence-corrected chi connectivity index (χ0v) is 8.52.